The summed E-state index contributed by atoms with van der Waals surface area (Å²) in [6.07, 6.45) is 14.8. The van der Waals surface area contributed by atoms with Crippen LogP contribution in [0.4, 0.5) is 0 Å². The van der Waals surface area contributed by atoms with Crippen molar-refractivity contribution < 1.29 is 4.79 Å². The summed E-state index contributed by atoms with van der Waals surface area (Å²) in [6, 6.07) is 0. The van der Waals surface area contributed by atoms with Crippen LogP contribution in [-0.2, 0) is 4.79 Å². The predicted molar refractivity (Wildman–Crippen MR) is 81.3 cm³/mol. The van der Waals surface area contributed by atoms with Gasteiger partial charge < -0.3 is 0 Å². The van der Waals surface area contributed by atoms with Gasteiger partial charge in [0.2, 0.25) is 0 Å². The molecule has 0 aromatic rings. The number of carbonyl (C=O) groups is 1. The van der Waals surface area contributed by atoms with Crippen LogP contribution < -0.4 is 0 Å². The summed E-state index contributed by atoms with van der Waals surface area (Å²) in [4.78, 5) is 12.4. The van der Waals surface area contributed by atoms with Gasteiger partial charge in [-0.2, -0.15) is 0 Å². The molecular weight excluding hydrogens is 244 g/mol. The maximum atomic E-state index is 12.4. The van der Waals surface area contributed by atoms with Gasteiger partial charge in [0.05, 0.1) is 0 Å². The van der Waals surface area contributed by atoms with Gasteiger partial charge in [-0.15, -0.1) is 0 Å². The molecule has 110 valence electrons. The Labute approximate surface area is 123 Å². The minimum atomic E-state index is 0.0505. The van der Waals surface area contributed by atoms with E-state index in [1.165, 1.54) is 44.9 Å². The molecule has 0 N–H and O–H groups in total. The van der Waals surface area contributed by atoms with Crippen molar-refractivity contribution in [3.05, 3.63) is 12.2 Å². The summed E-state index contributed by atoms with van der Waals surface area (Å²) in [7, 11) is 0. The van der Waals surface area contributed by atoms with Gasteiger partial charge in [-0.3, -0.25) is 4.79 Å². The molecule has 0 radical (unpaired) electrons. The Kier molecular flexibility index (Phi) is 2.76. The highest BCUT2D eigenvalue weighted by Gasteiger charge is 2.59. The first-order valence-electron chi connectivity index (χ1n) is 8.74. The predicted octanol–water partition coefficient (Wildman–Crippen LogP) is 4.76. The first-order valence-corrected chi connectivity index (χ1v) is 8.74. The molecule has 6 atom stereocenters. The van der Waals surface area contributed by atoms with E-state index >= 15 is 0 Å². The molecule has 4 aliphatic rings. The van der Waals surface area contributed by atoms with Gasteiger partial charge in [-0.25, -0.2) is 0 Å². The largest absolute Gasteiger partial charge is 0.299 e. The quantitative estimate of drug-likeness (QED) is 0.581. The fraction of sp³-hybridized carbons (Fsp3) is 0.842. The number of Topliss-reactive ketones (excluding diaryl/α,β-unsaturated/α-hetero) is 1. The third-order valence-corrected chi connectivity index (χ3v) is 7.92. The first kappa shape index (κ1) is 13.1. The highest BCUT2D eigenvalue weighted by molar-refractivity contribution is 5.87. The van der Waals surface area contributed by atoms with Crippen LogP contribution in [0, 0.1) is 34.5 Å². The SMILES string of the molecule is C[C@]12CC=CC[C@@H]1CC[C@@H]1[C@H]2CC[C@]2(C)C(=O)CC[C@@H]12. The minimum Gasteiger partial charge on any atom is -0.299 e. The van der Waals surface area contributed by atoms with Crippen molar-refractivity contribution in [3.63, 3.8) is 0 Å². The lowest BCUT2D eigenvalue weighted by molar-refractivity contribution is -0.136. The van der Waals surface area contributed by atoms with Crippen LogP contribution in [0.25, 0.3) is 0 Å². The highest BCUT2D eigenvalue weighted by Crippen LogP contribution is 2.64. The van der Waals surface area contributed by atoms with E-state index in [1.54, 1.807) is 0 Å². The van der Waals surface area contributed by atoms with Gasteiger partial charge >= 0.3 is 0 Å². The molecule has 0 aliphatic heterocycles. The molecule has 0 bridgehead atoms. The molecule has 4 aliphatic carbocycles. The van der Waals surface area contributed by atoms with E-state index in [0.717, 1.165) is 24.2 Å². The molecule has 0 aromatic heterocycles. The zero-order chi connectivity index (χ0) is 14.0. The zero-order valence-corrected chi connectivity index (χ0v) is 13.0. The molecule has 0 heterocycles. The van der Waals surface area contributed by atoms with Gasteiger partial charge in [-0.1, -0.05) is 26.0 Å². The standard InChI is InChI=1S/C19H28O/c1-18-11-4-3-5-13(18)6-7-14-15-8-9-17(20)19(15,2)12-10-16(14)18/h3-4,13-16H,5-12H2,1-2H3/t13-,14+,15+,16-,18+,19+/m1/s1. The van der Waals surface area contributed by atoms with Crippen molar-refractivity contribution in [2.45, 2.75) is 65.2 Å². The van der Waals surface area contributed by atoms with E-state index in [9.17, 15) is 4.79 Å². The lowest BCUT2D eigenvalue weighted by atomic mass is 9.46. The topological polar surface area (TPSA) is 17.1 Å². The maximum absolute atomic E-state index is 12.4. The Bertz CT molecular complexity index is 464. The fourth-order valence-corrected chi connectivity index (χ4v) is 6.61. The van der Waals surface area contributed by atoms with Crippen molar-refractivity contribution in [3.8, 4) is 0 Å². The maximum Gasteiger partial charge on any atom is 0.139 e. The summed E-state index contributed by atoms with van der Waals surface area (Å²) in [5.74, 6) is 3.92. The third kappa shape index (κ3) is 1.53. The van der Waals surface area contributed by atoms with Gasteiger partial charge in [0.25, 0.3) is 0 Å². The van der Waals surface area contributed by atoms with E-state index in [1.807, 2.05) is 0 Å². The summed E-state index contributed by atoms with van der Waals surface area (Å²) >= 11 is 0. The molecular formula is C19H28O. The van der Waals surface area contributed by atoms with Gasteiger partial charge in [0, 0.05) is 11.8 Å². The second-order valence-electron chi connectivity index (χ2n) is 8.49. The van der Waals surface area contributed by atoms with E-state index in [2.05, 4.69) is 26.0 Å². The third-order valence-electron chi connectivity index (χ3n) is 7.92. The van der Waals surface area contributed by atoms with Crippen LogP contribution in [-0.4, -0.2) is 5.78 Å². The van der Waals surface area contributed by atoms with Crippen LogP contribution in [0.2, 0.25) is 0 Å². The number of rotatable bonds is 0. The summed E-state index contributed by atoms with van der Waals surface area (Å²) in [5.41, 5.74) is 0.583. The Morgan fingerprint density at radius 2 is 1.90 bits per heavy atom. The zero-order valence-electron chi connectivity index (χ0n) is 13.0. The molecule has 3 saturated carbocycles. The van der Waals surface area contributed by atoms with Crippen molar-refractivity contribution in [2.24, 2.45) is 34.5 Å². The smallest absolute Gasteiger partial charge is 0.139 e. The average molecular weight is 272 g/mol. The normalized spacial score (nSPS) is 54.2. The first-order chi connectivity index (χ1) is 9.56. The Morgan fingerprint density at radius 3 is 2.75 bits per heavy atom. The summed E-state index contributed by atoms with van der Waals surface area (Å²) in [6.45, 7) is 4.86. The van der Waals surface area contributed by atoms with E-state index in [-0.39, 0.29) is 5.41 Å². The molecule has 3 fully saturated rings. The summed E-state index contributed by atoms with van der Waals surface area (Å²) in [5, 5.41) is 0. The van der Waals surface area contributed by atoms with Crippen molar-refractivity contribution >= 4 is 5.78 Å². The monoisotopic (exact) mass is 272 g/mol. The Balaban J connectivity index is 1.68. The van der Waals surface area contributed by atoms with Crippen LogP contribution in [0.3, 0.4) is 0 Å². The average Bonchev–Trinajstić information content (AvgIpc) is 2.74. The number of carbonyl (C=O) groups excluding carboxylic acids is 1. The van der Waals surface area contributed by atoms with E-state index in [4.69, 9.17) is 0 Å². The van der Waals surface area contributed by atoms with Crippen LogP contribution >= 0.6 is 0 Å². The molecule has 4 rings (SSSR count). The Hall–Kier alpha value is -0.590. The number of allylic oxidation sites excluding steroid dienone is 2. The highest BCUT2D eigenvalue weighted by atomic mass is 16.1. The lowest BCUT2D eigenvalue weighted by Crippen LogP contribution is -2.52. The van der Waals surface area contributed by atoms with E-state index < -0.39 is 0 Å². The van der Waals surface area contributed by atoms with Gasteiger partial charge in [0.15, 0.2) is 0 Å². The molecule has 0 saturated heterocycles. The van der Waals surface area contributed by atoms with Crippen molar-refractivity contribution in [1.29, 1.82) is 0 Å². The van der Waals surface area contributed by atoms with E-state index in [0.29, 0.717) is 17.1 Å². The molecule has 20 heavy (non-hydrogen) atoms. The van der Waals surface area contributed by atoms with Crippen LogP contribution in [0.5, 0.6) is 0 Å². The number of fused-ring (bicyclic) bond motifs is 5. The van der Waals surface area contributed by atoms with Crippen molar-refractivity contribution in [1.82, 2.24) is 0 Å². The Morgan fingerprint density at radius 1 is 1.05 bits per heavy atom. The lowest BCUT2D eigenvalue weighted by Gasteiger charge is -2.58. The molecule has 1 nitrogen and oxygen atoms in total. The second kappa shape index (κ2) is 4.21. The fourth-order valence-electron chi connectivity index (χ4n) is 6.61. The minimum absolute atomic E-state index is 0.0505. The van der Waals surface area contributed by atoms with Gasteiger partial charge in [0.1, 0.15) is 5.78 Å². The molecule has 0 aromatic carbocycles. The molecule has 0 amide bonds. The second-order valence-corrected chi connectivity index (χ2v) is 8.49. The molecule has 0 unspecified atom stereocenters. The van der Waals surface area contributed by atoms with Gasteiger partial charge in [-0.05, 0) is 74.0 Å². The van der Waals surface area contributed by atoms with Crippen LogP contribution in [0.1, 0.15) is 65.2 Å². The molecule has 1 heteroatoms. The molecule has 0 spiro atoms. The number of ketones is 1. The number of hydrogen-bond acceptors (Lipinski definition) is 1. The van der Waals surface area contributed by atoms with Crippen LogP contribution in [0.15, 0.2) is 12.2 Å². The summed E-state index contributed by atoms with van der Waals surface area (Å²) < 4.78 is 0. The number of hydrogen-bond donors (Lipinski definition) is 0. The van der Waals surface area contributed by atoms with Crippen molar-refractivity contribution in [2.75, 3.05) is 0 Å².